The van der Waals surface area contributed by atoms with Crippen molar-refractivity contribution in [1.29, 1.82) is 0 Å². The molecule has 2 atom stereocenters. The molecule has 3 aromatic rings. The van der Waals surface area contributed by atoms with E-state index in [4.69, 9.17) is 23.6 Å². The summed E-state index contributed by atoms with van der Waals surface area (Å²) < 4.78 is 25.4. The van der Waals surface area contributed by atoms with E-state index in [2.05, 4.69) is 26.2 Å². The normalized spacial score (nSPS) is 18.7. The van der Waals surface area contributed by atoms with Crippen molar-refractivity contribution in [2.45, 2.75) is 123 Å². The van der Waals surface area contributed by atoms with Crippen molar-refractivity contribution in [3.63, 3.8) is 0 Å². The standard InChI is InChI=1S/C36H48N4O8Si/c1-11-36(48-49(12-2,13-3)14-4)25-20-27-28-23(19-22-17-15-16-18-26(22)37-28)29(39(27)30(41)24(25)21-45-31(36)42)40(33(44)47-35(8,9)10)38-32(43)46-34(5,6)7/h15-20,29H,11-14,21H2,1-10H3,(H,38,43)/t29-,36+/m1/s1. The Morgan fingerprint density at radius 1 is 1.00 bits per heavy atom. The minimum absolute atomic E-state index is 0.236. The molecule has 1 N–H and O–H groups in total. The van der Waals surface area contributed by atoms with Crippen molar-refractivity contribution in [3.8, 4) is 11.4 Å². The summed E-state index contributed by atoms with van der Waals surface area (Å²) in [5, 5.41) is 1.73. The minimum atomic E-state index is -2.42. The number of para-hydroxylation sites is 1. The highest BCUT2D eigenvalue weighted by atomic mass is 28.4. The molecule has 0 aliphatic carbocycles. The fraction of sp³-hybridized carbons (Fsp3) is 0.528. The highest BCUT2D eigenvalue weighted by Gasteiger charge is 2.53. The quantitative estimate of drug-likeness (QED) is 0.117. The Bertz CT molecular complexity index is 1850. The molecule has 13 heteroatoms. The number of cyclic esters (lactones) is 1. The number of rotatable bonds is 7. The van der Waals surface area contributed by atoms with Gasteiger partial charge in [0.1, 0.15) is 17.8 Å². The van der Waals surface area contributed by atoms with Gasteiger partial charge in [0.05, 0.1) is 22.5 Å². The minimum Gasteiger partial charge on any atom is -0.458 e. The van der Waals surface area contributed by atoms with Crippen LogP contribution in [0.1, 0.15) is 98.5 Å². The summed E-state index contributed by atoms with van der Waals surface area (Å²) in [6.07, 6.45) is -2.81. The number of nitrogens with zero attached hydrogens (tertiary/aromatic N) is 3. The van der Waals surface area contributed by atoms with Crippen LogP contribution in [0.3, 0.4) is 0 Å². The molecule has 1 aromatic carbocycles. The number of carbonyl (C=O) groups is 3. The zero-order valence-electron chi connectivity index (χ0n) is 30.2. The van der Waals surface area contributed by atoms with Crippen molar-refractivity contribution in [1.82, 2.24) is 20.0 Å². The molecule has 0 radical (unpaired) electrons. The Morgan fingerprint density at radius 3 is 2.22 bits per heavy atom. The first-order valence-corrected chi connectivity index (χ1v) is 19.5. The zero-order chi connectivity index (χ0) is 36.1. The number of amides is 2. The lowest BCUT2D eigenvalue weighted by atomic mass is 9.86. The third-order valence-electron chi connectivity index (χ3n) is 9.24. The number of benzene rings is 1. The molecule has 0 bridgehead atoms. The van der Waals surface area contributed by atoms with Crippen LogP contribution >= 0.6 is 0 Å². The number of carbonyl (C=O) groups excluding carboxylic acids is 3. The molecule has 49 heavy (non-hydrogen) atoms. The SMILES string of the molecule is CC[C@@]1(O[Si](CC)(CC)CC)C(=O)OCc2c1cc1n(c2=O)[C@H](N(NC(=O)OC(C)(C)C)C(=O)OC(C)(C)C)c2cc3ccccc3nc2-1. The summed E-state index contributed by atoms with van der Waals surface area (Å²) in [4.78, 5) is 60.9. The monoisotopic (exact) mass is 692 g/mol. The van der Waals surface area contributed by atoms with Crippen LogP contribution in [0.2, 0.25) is 18.1 Å². The number of hydrogen-bond acceptors (Lipinski definition) is 9. The molecule has 4 heterocycles. The van der Waals surface area contributed by atoms with Gasteiger partial charge in [-0.3, -0.25) is 9.36 Å². The van der Waals surface area contributed by atoms with Crippen LogP contribution < -0.4 is 11.0 Å². The lowest BCUT2D eigenvalue weighted by Gasteiger charge is -2.43. The Hall–Kier alpha value is -4.23. The molecule has 2 aromatic heterocycles. The first-order chi connectivity index (χ1) is 22.9. The Balaban J connectivity index is 1.81. The van der Waals surface area contributed by atoms with Crippen molar-refractivity contribution < 1.29 is 33.0 Å². The van der Waals surface area contributed by atoms with Crippen molar-refractivity contribution in [3.05, 3.63) is 63.4 Å². The van der Waals surface area contributed by atoms with Gasteiger partial charge in [-0.05, 0) is 84.3 Å². The Morgan fingerprint density at radius 2 is 1.63 bits per heavy atom. The van der Waals surface area contributed by atoms with E-state index in [-0.39, 0.29) is 18.6 Å². The maximum Gasteiger partial charge on any atom is 0.431 e. The fourth-order valence-electron chi connectivity index (χ4n) is 6.64. The molecule has 0 saturated carbocycles. The smallest absolute Gasteiger partial charge is 0.431 e. The molecular weight excluding hydrogens is 645 g/mol. The van der Waals surface area contributed by atoms with Crippen molar-refractivity contribution in [2.24, 2.45) is 0 Å². The van der Waals surface area contributed by atoms with Crippen molar-refractivity contribution >= 4 is 37.4 Å². The highest BCUT2D eigenvalue weighted by molar-refractivity contribution is 6.73. The van der Waals surface area contributed by atoms with Gasteiger partial charge in [0.2, 0.25) is 0 Å². The molecule has 12 nitrogen and oxygen atoms in total. The van der Waals surface area contributed by atoms with Gasteiger partial charge >= 0.3 is 18.2 Å². The lowest BCUT2D eigenvalue weighted by Crippen LogP contribution is -2.55. The van der Waals surface area contributed by atoms with E-state index >= 15 is 0 Å². The Labute approximate surface area is 288 Å². The third kappa shape index (κ3) is 6.57. The summed E-state index contributed by atoms with van der Waals surface area (Å²) in [5.41, 5.74) is 1.32. The van der Waals surface area contributed by atoms with Crippen LogP contribution in [-0.2, 0) is 35.6 Å². The molecular formula is C36H48N4O8Si. The zero-order valence-corrected chi connectivity index (χ0v) is 31.2. The maximum atomic E-state index is 14.9. The van der Waals surface area contributed by atoms with Gasteiger partial charge in [-0.2, -0.15) is 5.01 Å². The summed E-state index contributed by atoms with van der Waals surface area (Å²) in [6.45, 7) is 18.0. The number of hydrazine groups is 1. The van der Waals surface area contributed by atoms with E-state index in [9.17, 15) is 19.2 Å². The molecule has 5 rings (SSSR count). The molecule has 2 aliphatic heterocycles. The maximum absolute atomic E-state index is 14.9. The van der Waals surface area contributed by atoms with E-state index in [0.29, 0.717) is 28.0 Å². The van der Waals surface area contributed by atoms with Crippen LogP contribution in [0.15, 0.2) is 41.2 Å². The summed E-state index contributed by atoms with van der Waals surface area (Å²) >= 11 is 0. The number of ether oxygens (including phenoxy) is 3. The first-order valence-electron chi connectivity index (χ1n) is 17.0. The summed E-state index contributed by atoms with van der Waals surface area (Å²) in [7, 11) is -2.42. The molecule has 2 aliphatic rings. The van der Waals surface area contributed by atoms with Gasteiger partial charge in [0.15, 0.2) is 20.1 Å². The number of aromatic nitrogens is 2. The average molecular weight is 693 g/mol. The number of pyridine rings is 2. The van der Waals surface area contributed by atoms with Crippen LogP contribution in [0.25, 0.3) is 22.3 Å². The largest absolute Gasteiger partial charge is 0.458 e. The lowest BCUT2D eigenvalue weighted by molar-refractivity contribution is -0.170. The van der Waals surface area contributed by atoms with E-state index in [1.165, 1.54) is 4.57 Å². The number of hydrogen-bond donors (Lipinski definition) is 1. The molecule has 264 valence electrons. The average Bonchev–Trinajstić information content (AvgIpc) is 3.34. The third-order valence-corrected chi connectivity index (χ3v) is 13.9. The van der Waals surface area contributed by atoms with Gasteiger partial charge in [-0.15, -0.1) is 0 Å². The topological polar surface area (TPSA) is 138 Å². The fourth-order valence-corrected chi connectivity index (χ4v) is 9.65. The second kappa shape index (κ2) is 12.9. The molecule has 0 saturated heterocycles. The number of esters is 1. The molecule has 0 unspecified atom stereocenters. The summed E-state index contributed by atoms with van der Waals surface area (Å²) in [5.74, 6) is -0.526. The predicted molar refractivity (Wildman–Crippen MR) is 187 cm³/mol. The van der Waals surface area contributed by atoms with Gasteiger partial charge in [-0.25, -0.2) is 24.8 Å². The van der Waals surface area contributed by atoms with Crippen LogP contribution in [-0.4, -0.2) is 52.2 Å². The van der Waals surface area contributed by atoms with Gasteiger partial charge in [0, 0.05) is 16.5 Å². The first kappa shape index (κ1) is 36.1. The van der Waals surface area contributed by atoms with E-state index in [1.807, 2.05) is 37.3 Å². The van der Waals surface area contributed by atoms with Crippen LogP contribution in [0, 0.1) is 0 Å². The van der Waals surface area contributed by atoms with Crippen LogP contribution in [0.5, 0.6) is 0 Å². The van der Waals surface area contributed by atoms with Crippen LogP contribution in [0.4, 0.5) is 9.59 Å². The second-order valence-corrected chi connectivity index (χ2v) is 19.3. The number of fused-ring (bicyclic) bond motifs is 5. The van der Waals surface area contributed by atoms with Gasteiger partial charge in [-0.1, -0.05) is 45.9 Å². The van der Waals surface area contributed by atoms with E-state index < -0.39 is 55.0 Å². The molecule has 0 fully saturated rings. The van der Waals surface area contributed by atoms with E-state index in [1.54, 1.807) is 47.6 Å². The van der Waals surface area contributed by atoms with E-state index in [0.717, 1.165) is 28.5 Å². The predicted octanol–water partition coefficient (Wildman–Crippen LogP) is 7.28. The molecule has 0 spiro atoms. The number of nitrogens with one attached hydrogen (secondary N) is 1. The Kier molecular flexibility index (Phi) is 9.49. The second-order valence-electron chi connectivity index (χ2n) is 14.7. The highest BCUT2D eigenvalue weighted by Crippen LogP contribution is 2.46. The molecule has 2 amide bonds. The summed E-state index contributed by atoms with van der Waals surface area (Å²) in [6, 6.07) is 13.4. The van der Waals surface area contributed by atoms with Crippen molar-refractivity contribution in [2.75, 3.05) is 0 Å². The van der Waals surface area contributed by atoms with Gasteiger partial charge in [0.25, 0.3) is 5.56 Å². The van der Waals surface area contributed by atoms with Gasteiger partial charge < -0.3 is 18.6 Å².